The third kappa shape index (κ3) is 3.77. The number of nitrogens with zero attached hydrogens (tertiary/aromatic N) is 1. The fourth-order valence-corrected chi connectivity index (χ4v) is 2.89. The molecule has 0 spiro atoms. The Hall–Kier alpha value is -2.67. The summed E-state index contributed by atoms with van der Waals surface area (Å²) in [6, 6.07) is 5.39. The number of hydrogen-bond donors (Lipinski definition) is 1. The number of ether oxygens (including phenoxy) is 2. The monoisotopic (exact) mass is 363 g/mol. The average molecular weight is 363 g/mol. The molecule has 0 aliphatic carbocycles. The third-order valence-electron chi connectivity index (χ3n) is 3.97. The molecule has 0 aliphatic rings. The summed E-state index contributed by atoms with van der Waals surface area (Å²) >= 11 is 0. The van der Waals surface area contributed by atoms with Crippen LogP contribution in [0.15, 0.2) is 29.1 Å². The van der Waals surface area contributed by atoms with Crippen molar-refractivity contribution in [3.05, 3.63) is 51.7 Å². The molecule has 0 radical (unpaired) electrons. The van der Waals surface area contributed by atoms with Crippen LogP contribution in [0.4, 0.5) is 9.18 Å². The molecule has 2 aromatic rings. The Morgan fingerprint density at radius 2 is 1.88 bits per heavy atom. The molecule has 26 heavy (non-hydrogen) atoms. The molecular weight excluding hydrogens is 341 g/mol. The molecule has 0 unspecified atom stereocenters. The number of carbonyl (C=O) groups is 1. The Morgan fingerprint density at radius 1 is 1.27 bits per heavy atom. The minimum atomic E-state index is -0.916. The highest BCUT2D eigenvalue weighted by atomic mass is 19.1. The lowest BCUT2D eigenvalue weighted by atomic mass is 9.95. The Morgan fingerprint density at radius 3 is 2.38 bits per heavy atom. The molecule has 1 N–H and O–H groups in total. The van der Waals surface area contributed by atoms with Crippen LogP contribution in [0.5, 0.6) is 5.75 Å². The molecule has 1 heterocycles. The molecule has 0 aliphatic heterocycles. The summed E-state index contributed by atoms with van der Waals surface area (Å²) in [4.78, 5) is 24.7. The summed E-state index contributed by atoms with van der Waals surface area (Å²) in [7, 11) is 1.54. The number of aliphatic hydroxyl groups is 1. The Labute approximate surface area is 150 Å². The van der Waals surface area contributed by atoms with Crippen LogP contribution in [0.1, 0.15) is 37.9 Å². The van der Waals surface area contributed by atoms with Gasteiger partial charge >= 0.3 is 6.16 Å². The number of aromatic nitrogens is 1. The number of aliphatic hydroxyl groups excluding tert-OH is 1. The second kappa shape index (κ2) is 8.14. The molecule has 0 saturated carbocycles. The Bertz CT molecular complexity index is 856. The van der Waals surface area contributed by atoms with Crippen LogP contribution >= 0.6 is 0 Å². The van der Waals surface area contributed by atoms with Crippen molar-refractivity contribution in [2.24, 2.45) is 7.05 Å². The molecule has 0 saturated heterocycles. The maximum atomic E-state index is 13.3. The summed E-state index contributed by atoms with van der Waals surface area (Å²) < 4.78 is 24.9. The van der Waals surface area contributed by atoms with Gasteiger partial charge in [0.25, 0.3) is 5.56 Å². The van der Waals surface area contributed by atoms with E-state index in [9.17, 15) is 19.1 Å². The SMILES string of the molecule is CCOC(=O)Oc1c(-c2ccc(F)cc2)c(CO)c(=O)n(C)c1C(C)C. The van der Waals surface area contributed by atoms with Crippen LogP contribution in [0.2, 0.25) is 0 Å². The van der Waals surface area contributed by atoms with Gasteiger partial charge in [-0.25, -0.2) is 9.18 Å². The molecular formula is C19H22FNO5. The van der Waals surface area contributed by atoms with Gasteiger partial charge in [0.15, 0.2) is 5.75 Å². The zero-order valence-corrected chi connectivity index (χ0v) is 15.2. The van der Waals surface area contributed by atoms with Crippen LogP contribution in [0.3, 0.4) is 0 Å². The fourth-order valence-electron chi connectivity index (χ4n) is 2.89. The van der Waals surface area contributed by atoms with Crippen molar-refractivity contribution in [3.8, 4) is 16.9 Å². The molecule has 6 nitrogen and oxygen atoms in total. The van der Waals surface area contributed by atoms with Crippen LogP contribution in [-0.2, 0) is 18.4 Å². The van der Waals surface area contributed by atoms with E-state index in [0.717, 1.165) is 0 Å². The van der Waals surface area contributed by atoms with Gasteiger partial charge in [-0.1, -0.05) is 26.0 Å². The molecule has 140 valence electrons. The summed E-state index contributed by atoms with van der Waals surface area (Å²) in [5.41, 5.74) is 0.829. The van der Waals surface area contributed by atoms with Gasteiger partial charge in [0.05, 0.1) is 24.5 Å². The van der Waals surface area contributed by atoms with Crippen LogP contribution in [0, 0.1) is 5.82 Å². The first kappa shape index (κ1) is 19.7. The van der Waals surface area contributed by atoms with E-state index in [4.69, 9.17) is 9.47 Å². The topological polar surface area (TPSA) is 77.8 Å². The second-order valence-electron chi connectivity index (χ2n) is 6.04. The highest BCUT2D eigenvalue weighted by Gasteiger charge is 2.26. The van der Waals surface area contributed by atoms with Crippen molar-refractivity contribution < 1.29 is 23.8 Å². The van der Waals surface area contributed by atoms with Crippen LogP contribution in [-0.4, -0.2) is 22.4 Å². The largest absolute Gasteiger partial charge is 0.513 e. The number of halogens is 1. The second-order valence-corrected chi connectivity index (χ2v) is 6.04. The number of hydrogen-bond acceptors (Lipinski definition) is 5. The number of benzene rings is 1. The van der Waals surface area contributed by atoms with Gasteiger partial charge in [-0.3, -0.25) is 4.79 Å². The lowest BCUT2D eigenvalue weighted by Crippen LogP contribution is -2.28. The van der Waals surface area contributed by atoms with E-state index >= 15 is 0 Å². The molecule has 1 aromatic carbocycles. The minimum Gasteiger partial charge on any atom is -0.434 e. The van der Waals surface area contributed by atoms with Crippen molar-refractivity contribution in [1.29, 1.82) is 0 Å². The van der Waals surface area contributed by atoms with E-state index in [2.05, 4.69) is 0 Å². The Balaban J connectivity index is 2.86. The maximum absolute atomic E-state index is 13.3. The minimum absolute atomic E-state index is 0.0582. The Kier molecular flexibility index (Phi) is 6.15. The van der Waals surface area contributed by atoms with E-state index in [1.807, 2.05) is 13.8 Å². The van der Waals surface area contributed by atoms with Gasteiger partial charge in [-0.05, 0) is 30.5 Å². The first-order valence-electron chi connectivity index (χ1n) is 8.28. The average Bonchev–Trinajstić information content (AvgIpc) is 2.58. The fraction of sp³-hybridized carbons (Fsp3) is 0.368. The van der Waals surface area contributed by atoms with E-state index in [1.165, 1.54) is 28.8 Å². The van der Waals surface area contributed by atoms with E-state index in [-0.39, 0.29) is 29.4 Å². The van der Waals surface area contributed by atoms with E-state index in [0.29, 0.717) is 11.3 Å². The quantitative estimate of drug-likeness (QED) is 0.825. The summed E-state index contributed by atoms with van der Waals surface area (Å²) in [5, 5.41) is 9.77. The first-order chi connectivity index (χ1) is 12.3. The number of carbonyl (C=O) groups excluding carboxylic acids is 1. The lowest BCUT2D eigenvalue weighted by molar-refractivity contribution is 0.103. The normalized spacial score (nSPS) is 10.9. The van der Waals surface area contributed by atoms with Crippen molar-refractivity contribution >= 4 is 6.16 Å². The standard InChI is InChI=1S/C19H22FNO5/c1-5-25-19(24)26-17-15(12-6-8-13(20)9-7-12)14(10-22)18(23)21(4)16(17)11(2)3/h6-9,11,22H,5,10H2,1-4H3. The van der Waals surface area contributed by atoms with Gasteiger partial charge < -0.3 is 19.1 Å². The highest BCUT2D eigenvalue weighted by Crippen LogP contribution is 2.38. The van der Waals surface area contributed by atoms with E-state index in [1.54, 1.807) is 14.0 Å². The molecule has 0 amide bonds. The van der Waals surface area contributed by atoms with Gasteiger partial charge in [-0.2, -0.15) is 0 Å². The van der Waals surface area contributed by atoms with Crippen molar-refractivity contribution in [2.75, 3.05) is 6.61 Å². The molecule has 1 aromatic heterocycles. The molecule has 2 rings (SSSR count). The third-order valence-corrected chi connectivity index (χ3v) is 3.97. The van der Waals surface area contributed by atoms with Gasteiger partial charge in [-0.15, -0.1) is 0 Å². The van der Waals surface area contributed by atoms with Crippen molar-refractivity contribution in [1.82, 2.24) is 4.57 Å². The number of rotatable bonds is 5. The molecule has 0 fully saturated rings. The van der Waals surface area contributed by atoms with Crippen LogP contribution in [0.25, 0.3) is 11.1 Å². The van der Waals surface area contributed by atoms with Gasteiger partial charge in [0.2, 0.25) is 0 Å². The van der Waals surface area contributed by atoms with Gasteiger partial charge in [0, 0.05) is 12.6 Å². The number of pyridine rings is 1. The molecule has 0 bridgehead atoms. The molecule has 0 atom stereocenters. The van der Waals surface area contributed by atoms with E-state index < -0.39 is 24.1 Å². The highest BCUT2D eigenvalue weighted by molar-refractivity contribution is 5.78. The first-order valence-corrected chi connectivity index (χ1v) is 8.28. The van der Waals surface area contributed by atoms with Crippen LogP contribution < -0.4 is 10.3 Å². The van der Waals surface area contributed by atoms with Crippen molar-refractivity contribution in [3.63, 3.8) is 0 Å². The van der Waals surface area contributed by atoms with Crippen molar-refractivity contribution in [2.45, 2.75) is 33.3 Å². The smallest absolute Gasteiger partial charge is 0.434 e. The summed E-state index contributed by atoms with van der Waals surface area (Å²) in [6.45, 7) is 4.91. The zero-order chi connectivity index (χ0) is 19.4. The van der Waals surface area contributed by atoms with Gasteiger partial charge in [0.1, 0.15) is 5.82 Å². The molecule has 7 heteroatoms. The lowest BCUT2D eigenvalue weighted by Gasteiger charge is -2.22. The predicted molar refractivity (Wildman–Crippen MR) is 94.7 cm³/mol. The predicted octanol–water partition coefficient (Wildman–Crippen LogP) is 3.34. The summed E-state index contributed by atoms with van der Waals surface area (Å²) in [5.74, 6) is -0.486. The zero-order valence-electron chi connectivity index (χ0n) is 15.2. The summed E-state index contributed by atoms with van der Waals surface area (Å²) in [6.07, 6.45) is -0.916. The maximum Gasteiger partial charge on any atom is 0.513 e.